The molecule has 0 aliphatic rings. The van der Waals surface area contributed by atoms with Crippen molar-refractivity contribution in [2.24, 2.45) is 5.84 Å². The second-order valence-corrected chi connectivity index (χ2v) is 3.37. The summed E-state index contributed by atoms with van der Waals surface area (Å²) in [6.45, 7) is 0.289. The van der Waals surface area contributed by atoms with Crippen molar-refractivity contribution in [2.45, 2.75) is 6.42 Å². The first kappa shape index (κ1) is 10.7. The molecule has 0 bridgehead atoms. The van der Waals surface area contributed by atoms with Crippen LogP contribution in [0.25, 0.3) is 0 Å². The van der Waals surface area contributed by atoms with E-state index >= 15 is 0 Å². The van der Waals surface area contributed by atoms with Gasteiger partial charge in [-0.2, -0.15) is 11.3 Å². The lowest BCUT2D eigenvalue weighted by Crippen LogP contribution is -2.34. The lowest BCUT2D eigenvalue weighted by Gasteiger charge is -2.02. The van der Waals surface area contributed by atoms with E-state index in [9.17, 15) is 9.59 Å². The fourth-order valence-electron chi connectivity index (χ4n) is 0.857. The second kappa shape index (κ2) is 5.36. The van der Waals surface area contributed by atoms with Gasteiger partial charge in [-0.3, -0.25) is 15.0 Å². The Labute approximate surface area is 85.3 Å². The highest BCUT2D eigenvalue weighted by Crippen LogP contribution is 2.04. The molecule has 0 aromatic carbocycles. The Hall–Kier alpha value is -1.40. The van der Waals surface area contributed by atoms with Crippen LogP contribution in [-0.2, 0) is 4.79 Å². The average molecular weight is 213 g/mol. The van der Waals surface area contributed by atoms with E-state index in [4.69, 9.17) is 5.84 Å². The minimum atomic E-state index is -0.296. The maximum Gasteiger partial charge on any atom is 0.252 e. The van der Waals surface area contributed by atoms with Gasteiger partial charge < -0.3 is 5.32 Å². The molecule has 1 aromatic heterocycles. The number of nitrogens with one attached hydrogen (secondary N) is 2. The number of hydrogen-bond acceptors (Lipinski definition) is 4. The zero-order chi connectivity index (χ0) is 10.4. The van der Waals surface area contributed by atoms with E-state index in [1.807, 2.05) is 10.8 Å². The number of carbonyl (C=O) groups excluding carboxylic acids is 2. The van der Waals surface area contributed by atoms with Gasteiger partial charge in [0.15, 0.2) is 0 Å². The first-order chi connectivity index (χ1) is 6.74. The average Bonchev–Trinajstić information content (AvgIpc) is 2.70. The van der Waals surface area contributed by atoms with Crippen LogP contribution in [0.1, 0.15) is 16.8 Å². The van der Waals surface area contributed by atoms with Crippen LogP contribution in [-0.4, -0.2) is 18.4 Å². The summed E-state index contributed by atoms with van der Waals surface area (Å²) in [5, 5.41) is 6.17. The molecule has 0 spiro atoms. The van der Waals surface area contributed by atoms with Crippen LogP contribution in [0.4, 0.5) is 0 Å². The number of carbonyl (C=O) groups is 2. The molecule has 0 atom stereocenters. The highest BCUT2D eigenvalue weighted by Gasteiger charge is 2.05. The van der Waals surface area contributed by atoms with Crippen LogP contribution >= 0.6 is 11.3 Å². The van der Waals surface area contributed by atoms with Gasteiger partial charge in [0.2, 0.25) is 5.91 Å². The van der Waals surface area contributed by atoms with E-state index in [1.54, 1.807) is 11.4 Å². The fourth-order valence-corrected chi connectivity index (χ4v) is 1.49. The first-order valence-electron chi connectivity index (χ1n) is 4.04. The van der Waals surface area contributed by atoms with Gasteiger partial charge in [-0.05, 0) is 11.4 Å². The number of rotatable bonds is 4. The van der Waals surface area contributed by atoms with Gasteiger partial charge in [0.05, 0.1) is 0 Å². The van der Waals surface area contributed by atoms with Crippen molar-refractivity contribution in [1.82, 2.24) is 10.7 Å². The summed E-state index contributed by atoms with van der Waals surface area (Å²) in [4.78, 5) is 22.0. The van der Waals surface area contributed by atoms with Crippen molar-refractivity contribution in [1.29, 1.82) is 0 Å². The highest BCUT2D eigenvalue weighted by molar-refractivity contribution is 7.08. The monoisotopic (exact) mass is 213 g/mol. The third-order valence-electron chi connectivity index (χ3n) is 1.58. The van der Waals surface area contributed by atoms with E-state index in [1.165, 1.54) is 11.3 Å². The molecule has 5 nitrogen and oxygen atoms in total. The number of hydrazine groups is 1. The summed E-state index contributed by atoms with van der Waals surface area (Å²) in [5.41, 5.74) is 2.60. The summed E-state index contributed by atoms with van der Waals surface area (Å²) >= 11 is 1.45. The quantitative estimate of drug-likeness (QED) is 0.369. The molecular weight excluding hydrogens is 202 g/mol. The molecule has 6 heteroatoms. The van der Waals surface area contributed by atoms with E-state index < -0.39 is 0 Å². The Balaban J connectivity index is 2.26. The molecule has 0 aliphatic heterocycles. The lowest BCUT2D eigenvalue weighted by molar-refractivity contribution is -0.121. The van der Waals surface area contributed by atoms with Gasteiger partial charge in [0, 0.05) is 23.9 Å². The van der Waals surface area contributed by atoms with Crippen LogP contribution in [0.3, 0.4) is 0 Å². The standard InChI is InChI=1S/C8H11N3O2S/c9-11-7(12)1-3-10-8(13)6-2-4-14-5-6/h2,4-5H,1,3,9H2,(H,10,13)(H,11,12). The molecule has 0 saturated heterocycles. The summed E-state index contributed by atoms with van der Waals surface area (Å²) in [6, 6.07) is 1.73. The van der Waals surface area contributed by atoms with E-state index in [0.29, 0.717) is 5.56 Å². The zero-order valence-corrected chi connectivity index (χ0v) is 8.26. The van der Waals surface area contributed by atoms with Crippen molar-refractivity contribution in [3.8, 4) is 0 Å². The maximum atomic E-state index is 11.3. The molecule has 0 unspecified atom stereocenters. The van der Waals surface area contributed by atoms with Crippen LogP contribution < -0.4 is 16.6 Å². The third kappa shape index (κ3) is 3.15. The normalized spacial score (nSPS) is 9.50. The first-order valence-corrected chi connectivity index (χ1v) is 4.98. The Bertz CT molecular complexity index is 310. The molecule has 1 rings (SSSR count). The molecule has 2 amide bonds. The van der Waals surface area contributed by atoms with Gasteiger partial charge in [-0.1, -0.05) is 0 Å². The van der Waals surface area contributed by atoms with Crippen LogP contribution in [0.2, 0.25) is 0 Å². The molecule has 14 heavy (non-hydrogen) atoms. The predicted molar refractivity (Wildman–Crippen MR) is 53.6 cm³/mol. The number of nitrogens with two attached hydrogens (primary N) is 1. The van der Waals surface area contributed by atoms with Gasteiger partial charge in [0.1, 0.15) is 0 Å². The topological polar surface area (TPSA) is 84.2 Å². The third-order valence-corrected chi connectivity index (χ3v) is 2.27. The van der Waals surface area contributed by atoms with Crippen LogP contribution in [0, 0.1) is 0 Å². The summed E-state index contributed by atoms with van der Waals surface area (Å²) in [7, 11) is 0. The van der Waals surface area contributed by atoms with Crippen molar-refractivity contribution in [3.63, 3.8) is 0 Å². The lowest BCUT2D eigenvalue weighted by atomic mass is 10.3. The molecular formula is C8H11N3O2S. The minimum Gasteiger partial charge on any atom is -0.351 e. The molecule has 0 aliphatic carbocycles. The Kier molecular flexibility index (Phi) is 4.09. The van der Waals surface area contributed by atoms with Gasteiger partial charge in [-0.15, -0.1) is 0 Å². The van der Waals surface area contributed by atoms with Gasteiger partial charge >= 0.3 is 0 Å². The van der Waals surface area contributed by atoms with E-state index in [-0.39, 0.29) is 24.8 Å². The van der Waals surface area contributed by atoms with Crippen LogP contribution in [0.5, 0.6) is 0 Å². The van der Waals surface area contributed by atoms with Crippen LogP contribution in [0.15, 0.2) is 16.8 Å². The Morgan fingerprint density at radius 3 is 2.86 bits per heavy atom. The minimum absolute atomic E-state index is 0.170. The van der Waals surface area contributed by atoms with Crippen molar-refractivity contribution in [3.05, 3.63) is 22.4 Å². The van der Waals surface area contributed by atoms with Crippen molar-refractivity contribution in [2.75, 3.05) is 6.54 Å². The van der Waals surface area contributed by atoms with E-state index in [0.717, 1.165) is 0 Å². The number of thiophene rings is 1. The Morgan fingerprint density at radius 2 is 2.29 bits per heavy atom. The summed E-state index contributed by atoms with van der Waals surface area (Å²) in [5.74, 6) is 4.41. The summed E-state index contributed by atoms with van der Waals surface area (Å²) < 4.78 is 0. The second-order valence-electron chi connectivity index (χ2n) is 2.59. The molecule has 0 saturated carbocycles. The molecule has 0 fully saturated rings. The fraction of sp³-hybridized carbons (Fsp3) is 0.250. The van der Waals surface area contributed by atoms with Gasteiger partial charge in [0.25, 0.3) is 5.91 Å². The van der Waals surface area contributed by atoms with Gasteiger partial charge in [-0.25, -0.2) is 5.84 Å². The SMILES string of the molecule is NNC(=O)CCNC(=O)c1ccsc1. The van der Waals surface area contributed by atoms with Crippen molar-refractivity contribution < 1.29 is 9.59 Å². The Morgan fingerprint density at radius 1 is 1.50 bits per heavy atom. The molecule has 76 valence electrons. The zero-order valence-electron chi connectivity index (χ0n) is 7.45. The predicted octanol–water partition coefficient (Wildman–Crippen LogP) is -0.142. The largest absolute Gasteiger partial charge is 0.351 e. The van der Waals surface area contributed by atoms with E-state index in [2.05, 4.69) is 5.32 Å². The number of amides is 2. The summed E-state index contributed by atoms with van der Waals surface area (Å²) in [6.07, 6.45) is 0.187. The molecule has 1 aromatic rings. The molecule has 4 N–H and O–H groups in total. The number of hydrogen-bond donors (Lipinski definition) is 3. The highest BCUT2D eigenvalue weighted by atomic mass is 32.1. The van der Waals surface area contributed by atoms with Crippen molar-refractivity contribution >= 4 is 23.2 Å². The molecule has 0 radical (unpaired) electrons. The molecule has 1 heterocycles. The maximum absolute atomic E-state index is 11.3. The smallest absolute Gasteiger partial charge is 0.252 e.